The van der Waals surface area contributed by atoms with E-state index in [2.05, 4.69) is 47.0 Å². The number of nitrogens with one attached hydrogen (secondary N) is 2. The van der Waals surface area contributed by atoms with E-state index in [1.165, 1.54) is 0 Å². The maximum absolute atomic E-state index is 13.4. The van der Waals surface area contributed by atoms with Gasteiger partial charge in [0.2, 0.25) is 0 Å². The van der Waals surface area contributed by atoms with Gasteiger partial charge in [0, 0.05) is 30.4 Å². The molecule has 2 aliphatic carbocycles. The van der Waals surface area contributed by atoms with Gasteiger partial charge in [0.15, 0.2) is 5.78 Å². The number of amides is 2. The van der Waals surface area contributed by atoms with Gasteiger partial charge in [0.05, 0.1) is 30.4 Å². The smallest absolute Gasteiger partial charge is 0.407 e. The van der Waals surface area contributed by atoms with E-state index in [9.17, 15) is 33.9 Å². The molecule has 0 radical (unpaired) electrons. The molecular weight excluding hydrogens is 1020 g/mol. The highest BCUT2D eigenvalue weighted by molar-refractivity contribution is 5.92. The minimum Gasteiger partial charge on any atom is -0.480 e. The molecule has 14 nitrogen and oxygen atoms in total. The molecule has 0 spiro atoms. The molecule has 0 aromatic heterocycles. The van der Waals surface area contributed by atoms with Crippen LogP contribution in [0.4, 0.5) is 15.3 Å². The summed E-state index contributed by atoms with van der Waals surface area (Å²) in [5.74, 6) is -2.09. The van der Waals surface area contributed by atoms with Gasteiger partial charge in [-0.2, -0.15) is 0 Å². The van der Waals surface area contributed by atoms with E-state index in [0.717, 1.165) is 61.2 Å². The van der Waals surface area contributed by atoms with E-state index in [4.69, 9.17) is 24.7 Å². The van der Waals surface area contributed by atoms with Gasteiger partial charge >= 0.3 is 30.1 Å². The summed E-state index contributed by atoms with van der Waals surface area (Å²) in [7, 11) is 0. The average molecular weight is 1090 g/mol. The number of carbonyl (C=O) groups excluding carboxylic acids is 5. The Kier molecular flexibility index (Phi) is 20.0. The summed E-state index contributed by atoms with van der Waals surface area (Å²) in [6.07, 6.45) is -0.723. The zero-order valence-electron chi connectivity index (χ0n) is 45.0. The molecule has 81 heavy (non-hydrogen) atoms. The molecule has 0 saturated carbocycles. The van der Waals surface area contributed by atoms with Gasteiger partial charge < -0.3 is 40.4 Å². The van der Waals surface area contributed by atoms with Crippen LogP contribution >= 0.6 is 0 Å². The van der Waals surface area contributed by atoms with Crippen molar-refractivity contribution in [2.24, 2.45) is 0 Å². The molecule has 2 aliphatic rings. The number of aliphatic carboxylic acids is 1. The first-order valence-corrected chi connectivity index (χ1v) is 26.8. The van der Waals surface area contributed by atoms with E-state index >= 15 is 0 Å². The number of fused-ring (bicyclic) bond motifs is 6. The van der Waals surface area contributed by atoms with E-state index in [0.29, 0.717) is 36.4 Å². The van der Waals surface area contributed by atoms with Crippen molar-refractivity contribution in [1.82, 2.24) is 10.6 Å². The number of nitrogens with two attached hydrogens (primary N) is 1. The summed E-state index contributed by atoms with van der Waals surface area (Å²) in [6, 6.07) is 62.8. The predicted molar refractivity (Wildman–Crippen MR) is 310 cm³/mol. The van der Waals surface area contributed by atoms with E-state index in [-0.39, 0.29) is 49.6 Å². The molecule has 0 saturated heterocycles. The molecule has 412 valence electrons. The summed E-state index contributed by atoms with van der Waals surface area (Å²) < 4.78 is 21.0. The summed E-state index contributed by atoms with van der Waals surface area (Å²) >= 11 is 0. The SMILES string of the molecule is CCOC(=O)c1ccc(CC(=O)[C@H](Cc2ccccc2)NC(=O)OCC2c3ccccc3-c3ccccc32)cc1.CCOC(=O)c1ccc(N)cc1.O=C(N[C@@H](Cc1ccccc1)C(=O)O)OCC1c2ccccc2-c2ccccc21. The van der Waals surface area contributed by atoms with Crippen molar-refractivity contribution in [1.29, 1.82) is 0 Å². The summed E-state index contributed by atoms with van der Waals surface area (Å²) in [6.45, 7) is 4.53. The van der Waals surface area contributed by atoms with Crippen molar-refractivity contribution >= 4 is 41.6 Å². The van der Waals surface area contributed by atoms with Crippen LogP contribution in [-0.4, -0.2) is 79.5 Å². The Morgan fingerprint density at radius 2 is 0.778 bits per heavy atom. The topological polar surface area (TPSA) is 210 Å². The maximum atomic E-state index is 13.4. The highest BCUT2D eigenvalue weighted by atomic mass is 16.6. The van der Waals surface area contributed by atoms with Gasteiger partial charge in [-0.1, -0.05) is 170 Å². The Balaban J connectivity index is 0.000000182. The number of hydrogen-bond acceptors (Lipinski definition) is 11. The number of alkyl carbamates (subject to hydrolysis) is 2. The molecular formula is C67H63N3O11. The second kappa shape index (κ2) is 28.2. The number of carboxylic acids is 1. The first kappa shape index (κ1) is 57.4. The first-order chi connectivity index (χ1) is 39.4. The normalized spacial score (nSPS) is 12.4. The number of carbonyl (C=O) groups is 6. The van der Waals surface area contributed by atoms with Crippen LogP contribution in [0, 0.1) is 0 Å². The van der Waals surface area contributed by atoms with Crippen molar-refractivity contribution in [2.75, 3.05) is 32.2 Å². The Morgan fingerprint density at radius 3 is 1.16 bits per heavy atom. The zero-order valence-corrected chi connectivity index (χ0v) is 45.0. The number of benzene rings is 8. The van der Waals surface area contributed by atoms with Crippen LogP contribution in [0.2, 0.25) is 0 Å². The van der Waals surface area contributed by atoms with Crippen molar-refractivity contribution in [3.8, 4) is 22.3 Å². The van der Waals surface area contributed by atoms with Crippen LogP contribution in [0.25, 0.3) is 22.3 Å². The number of ketones is 1. The molecule has 8 aromatic rings. The Labute approximate surface area is 470 Å². The number of anilines is 1. The Hall–Kier alpha value is -9.82. The number of ether oxygens (including phenoxy) is 4. The fraction of sp³-hybridized carbons (Fsp3) is 0.194. The highest BCUT2D eigenvalue weighted by Crippen LogP contribution is 2.45. The minimum absolute atomic E-state index is 0.0643. The van der Waals surface area contributed by atoms with Crippen LogP contribution in [0.5, 0.6) is 0 Å². The molecule has 0 aliphatic heterocycles. The maximum Gasteiger partial charge on any atom is 0.407 e. The van der Waals surface area contributed by atoms with Crippen LogP contribution < -0.4 is 16.4 Å². The quantitative estimate of drug-likeness (QED) is 0.0359. The van der Waals surface area contributed by atoms with Crippen LogP contribution in [-0.2, 0) is 47.8 Å². The van der Waals surface area contributed by atoms with E-state index < -0.39 is 36.2 Å². The fourth-order valence-corrected chi connectivity index (χ4v) is 9.84. The minimum atomic E-state index is -1.10. The van der Waals surface area contributed by atoms with Gasteiger partial charge in [-0.3, -0.25) is 4.79 Å². The zero-order chi connectivity index (χ0) is 57.1. The van der Waals surface area contributed by atoms with Crippen LogP contribution in [0.15, 0.2) is 206 Å². The van der Waals surface area contributed by atoms with Crippen molar-refractivity contribution < 1.29 is 52.8 Å². The summed E-state index contributed by atoms with van der Waals surface area (Å²) in [5.41, 5.74) is 18.6. The molecule has 0 unspecified atom stereocenters. The van der Waals surface area contributed by atoms with Crippen LogP contribution in [0.3, 0.4) is 0 Å². The lowest BCUT2D eigenvalue weighted by molar-refractivity contribution is -0.139. The lowest BCUT2D eigenvalue weighted by atomic mass is 9.97. The third-order valence-corrected chi connectivity index (χ3v) is 13.8. The van der Waals surface area contributed by atoms with Gasteiger partial charge in [-0.25, -0.2) is 24.0 Å². The molecule has 2 atom stereocenters. The monoisotopic (exact) mass is 1090 g/mol. The van der Waals surface area contributed by atoms with Crippen molar-refractivity contribution in [3.05, 3.63) is 256 Å². The van der Waals surface area contributed by atoms with E-state index in [1.807, 2.05) is 121 Å². The summed E-state index contributed by atoms with van der Waals surface area (Å²) in [4.78, 5) is 73.4. The molecule has 2 amide bonds. The fourth-order valence-electron chi connectivity index (χ4n) is 9.84. The summed E-state index contributed by atoms with van der Waals surface area (Å²) in [5, 5.41) is 14.7. The third kappa shape index (κ3) is 15.3. The standard InChI is InChI=1S/C34H31NO5.C24H21NO4.C9H11NO2/c1-2-39-33(37)25-18-16-24(17-19-25)21-32(36)31(20-23-10-4-3-5-11-23)35-34(38)40-22-30-28-14-8-6-12-26(28)27-13-7-9-15-29(27)30;26-23(27)22(14-16-8-2-1-3-9-16)25-24(28)29-15-21-19-12-6-4-10-17(19)18-11-5-7-13-20(18)21;1-2-12-9(11)7-3-5-8(10)6-4-7/h3-19,30-31H,2,20-22H2,1H3,(H,35,38);1-13,21-22H,14-15H2,(H,25,28)(H,26,27);3-6H,2,10H2,1H3/t31-;22-;/m00./s1. The third-order valence-electron chi connectivity index (χ3n) is 13.8. The molecule has 10 rings (SSSR count). The molecule has 5 N–H and O–H groups in total. The number of rotatable bonds is 18. The Bertz CT molecular complexity index is 3350. The van der Waals surface area contributed by atoms with Crippen molar-refractivity contribution in [3.63, 3.8) is 0 Å². The molecule has 0 heterocycles. The lowest BCUT2D eigenvalue weighted by Crippen LogP contribution is -2.43. The predicted octanol–water partition coefficient (Wildman–Crippen LogP) is 11.8. The highest BCUT2D eigenvalue weighted by Gasteiger charge is 2.32. The molecule has 14 heteroatoms. The number of nitrogen functional groups attached to an aromatic ring is 1. The molecule has 8 aromatic carbocycles. The average Bonchev–Trinajstić information content (AvgIpc) is 3.97. The number of carboxylic acid groups (broad SMARTS) is 1. The molecule has 0 fully saturated rings. The Morgan fingerprint density at radius 1 is 0.432 bits per heavy atom. The number of Topliss-reactive ketones (excluding diaryl/α,β-unsaturated/α-hetero) is 1. The van der Waals surface area contributed by atoms with Gasteiger partial charge in [-0.15, -0.1) is 0 Å². The van der Waals surface area contributed by atoms with Crippen LogP contribution in [0.1, 0.15) is 85.3 Å². The van der Waals surface area contributed by atoms with Gasteiger partial charge in [0.25, 0.3) is 0 Å². The second-order valence-electron chi connectivity index (χ2n) is 19.2. The number of hydrogen-bond donors (Lipinski definition) is 4. The second-order valence-corrected chi connectivity index (χ2v) is 19.2. The van der Waals surface area contributed by atoms with E-state index in [1.54, 1.807) is 62.4 Å². The number of esters is 2. The molecule has 0 bridgehead atoms. The lowest BCUT2D eigenvalue weighted by Gasteiger charge is -2.20. The van der Waals surface area contributed by atoms with Gasteiger partial charge in [-0.05, 0) is 118 Å². The largest absolute Gasteiger partial charge is 0.480 e. The van der Waals surface area contributed by atoms with Gasteiger partial charge in [0.1, 0.15) is 19.3 Å². The van der Waals surface area contributed by atoms with Crippen molar-refractivity contribution in [2.45, 2.75) is 57.0 Å². The first-order valence-electron chi connectivity index (χ1n) is 26.8.